The molecular formula is C10H6BrIO2S. The van der Waals surface area contributed by atoms with Crippen molar-refractivity contribution in [2.45, 2.75) is 6.42 Å². The van der Waals surface area contributed by atoms with Crippen molar-refractivity contribution >= 4 is 55.6 Å². The molecule has 0 N–H and O–H groups in total. The number of carbonyl (C=O) groups excluding carboxylic acids is 1. The van der Waals surface area contributed by atoms with Gasteiger partial charge in [0.2, 0.25) is 0 Å². The minimum Gasteiger partial charge on any atom is -0.454 e. The van der Waals surface area contributed by atoms with Crippen molar-refractivity contribution in [3.05, 3.63) is 42.5 Å². The Bertz CT molecular complexity index is 489. The molecule has 0 atom stereocenters. The van der Waals surface area contributed by atoms with Crippen molar-refractivity contribution in [1.82, 2.24) is 0 Å². The van der Waals surface area contributed by atoms with Crippen molar-refractivity contribution in [2.75, 3.05) is 0 Å². The van der Waals surface area contributed by atoms with Crippen molar-refractivity contribution < 1.29 is 9.21 Å². The van der Waals surface area contributed by atoms with E-state index in [1.54, 1.807) is 23.5 Å². The highest BCUT2D eigenvalue weighted by Crippen LogP contribution is 2.20. The number of hydrogen-bond donors (Lipinski definition) is 0. The molecule has 2 rings (SSSR count). The minimum absolute atomic E-state index is 0.0935. The molecule has 78 valence electrons. The third-order valence-electron chi connectivity index (χ3n) is 1.85. The first-order chi connectivity index (χ1) is 7.15. The Labute approximate surface area is 113 Å². The van der Waals surface area contributed by atoms with Gasteiger partial charge >= 0.3 is 0 Å². The van der Waals surface area contributed by atoms with Crippen molar-refractivity contribution in [1.29, 1.82) is 0 Å². The van der Waals surface area contributed by atoms with Crippen LogP contribution < -0.4 is 0 Å². The van der Waals surface area contributed by atoms with Crippen LogP contribution in [0.5, 0.6) is 0 Å². The summed E-state index contributed by atoms with van der Waals surface area (Å²) in [5.74, 6) is 0.782. The predicted octanol–water partition coefficient (Wildman–Crippen LogP) is 4.13. The second-order valence-electron chi connectivity index (χ2n) is 2.95. The van der Waals surface area contributed by atoms with Crippen molar-refractivity contribution in [3.8, 4) is 0 Å². The average Bonchev–Trinajstić information content (AvgIpc) is 2.75. The third-order valence-corrected chi connectivity index (χ3v) is 4.07. The van der Waals surface area contributed by atoms with Gasteiger partial charge in [-0.25, -0.2) is 0 Å². The van der Waals surface area contributed by atoms with E-state index in [-0.39, 0.29) is 5.78 Å². The van der Waals surface area contributed by atoms with Gasteiger partial charge in [-0.2, -0.15) is 0 Å². The van der Waals surface area contributed by atoms with Gasteiger partial charge in [-0.05, 0) is 56.7 Å². The number of furan rings is 1. The van der Waals surface area contributed by atoms with E-state index in [1.165, 1.54) is 0 Å². The van der Waals surface area contributed by atoms with Crippen LogP contribution in [0.25, 0.3) is 0 Å². The van der Waals surface area contributed by atoms with Crippen LogP contribution in [0.3, 0.4) is 0 Å². The third kappa shape index (κ3) is 2.92. The smallest absolute Gasteiger partial charge is 0.171 e. The Hall–Kier alpha value is -0.140. The maximum absolute atomic E-state index is 11.8. The Morgan fingerprint density at radius 3 is 2.87 bits per heavy atom. The summed E-state index contributed by atoms with van der Waals surface area (Å²) in [6.07, 6.45) is 0.318. The van der Waals surface area contributed by atoms with E-state index in [9.17, 15) is 4.79 Å². The highest BCUT2D eigenvalue weighted by atomic mass is 127. The summed E-state index contributed by atoms with van der Waals surface area (Å²) in [5.41, 5.74) is 0.761. The zero-order valence-electron chi connectivity index (χ0n) is 7.50. The molecule has 15 heavy (non-hydrogen) atoms. The van der Waals surface area contributed by atoms with E-state index >= 15 is 0 Å². The first-order valence-electron chi connectivity index (χ1n) is 4.16. The van der Waals surface area contributed by atoms with Gasteiger partial charge < -0.3 is 4.42 Å². The molecule has 0 bridgehead atoms. The number of hydrogen-bond acceptors (Lipinski definition) is 3. The van der Waals surface area contributed by atoms with E-state index < -0.39 is 0 Å². The Morgan fingerprint density at radius 1 is 1.53 bits per heavy atom. The molecule has 0 aliphatic rings. The van der Waals surface area contributed by atoms with E-state index in [1.807, 2.05) is 11.4 Å². The summed E-state index contributed by atoms with van der Waals surface area (Å²) in [7, 11) is 0. The van der Waals surface area contributed by atoms with E-state index in [2.05, 4.69) is 38.5 Å². The van der Waals surface area contributed by atoms with Crippen LogP contribution in [0.4, 0.5) is 0 Å². The molecule has 0 amide bonds. The maximum Gasteiger partial charge on any atom is 0.171 e. The molecule has 0 spiro atoms. The molecule has 0 saturated carbocycles. The Kier molecular flexibility index (Phi) is 3.63. The molecule has 0 fully saturated rings. The molecule has 0 aromatic carbocycles. The van der Waals surface area contributed by atoms with Gasteiger partial charge in [-0.15, -0.1) is 11.3 Å². The van der Waals surface area contributed by atoms with Gasteiger partial charge in [0.05, 0.1) is 9.30 Å². The lowest BCUT2D eigenvalue weighted by Crippen LogP contribution is -2.00. The van der Waals surface area contributed by atoms with Gasteiger partial charge in [0.1, 0.15) is 5.76 Å². The molecule has 5 heteroatoms. The number of thiophene rings is 1. The molecule has 0 saturated heterocycles. The number of halogens is 2. The van der Waals surface area contributed by atoms with E-state index in [0.717, 1.165) is 8.45 Å². The van der Waals surface area contributed by atoms with Crippen molar-refractivity contribution in [2.24, 2.45) is 0 Å². The molecular weight excluding hydrogens is 391 g/mol. The molecule has 2 heterocycles. The molecule has 0 unspecified atom stereocenters. The monoisotopic (exact) mass is 396 g/mol. The largest absolute Gasteiger partial charge is 0.454 e. The molecule has 2 aromatic heterocycles. The van der Waals surface area contributed by atoms with Gasteiger partial charge in [0, 0.05) is 10.9 Å². The Balaban J connectivity index is 2.10. The number of ketones is 1. The lowest BCUT2D eigenvalue weighted by molar-refractivity contribution is 0.0987. The quantitative estimate of drug-likeness (QED) is 0.576. The first-order valence-corrected chi connectivity index (χ1v) is 6.92. The van der Waals surface area contributed by atoms with Crippen LogP contribution in [0.15, 0.2) is 32.7 Å². The zero-order valence-corrected chi connectivity index (χ0v) is 12.1. The predicted molar refractivity (Wildman–Crippen MR) is 71.5 cm³/mol. The highest BCUT2D eigenvalue weighted by molar-refractivity contribution is 14.1. The number of rotatable bonds is 3. The maximum atomic E-state index is 11.8. The van der Waals surface area contributed by atoms with Crippen LogP contribution in [0.1, 0.15) is 16.1 Å². The fourth-order valence-electron chi connectivity index (χ4n) is 1.16. The molecule has 0 aliphatic heterocycles. The summed E-state index contributed by atoms with van der Waals surface area (Å²) >= 11 is 6.98. The van der Waals surface area contributed by atoms with Crippen LogP contribution in [-0.4, -0.2) is 5.78 Å². The lowest BCUT2D eigenvalue weighted by Gasteiger charge is -1.93. The van der Waals surface area contributed by atoms with Crippen molar-refractivity contribution in [3.63, 3.8) is 0 Å². The minimum atomic E-state index is 0.0935. The molecule has 2 nitrogen and oxygen atoms in total. The van der Waals surface area contributed by atoms with Crippen LogP contribution in [0, 0.1) is 2.88 Å². The summed E-state index contributed by atoms with van der Waals surface area (Å²) in [6, 6.07) is 5.49. The Morgan fingerprint density at radius 2 is 2.33 bits per heavy atom. The average molecular weight is 397 g/mol. The zero-order chi connectivity index (χ0) is 10.8. The van der Waals surface area contributed by atoms with Gasteiger partial charge in [0.25, 0.3) is 0 Å². The summed E-state index contributed by atoms with van der Waals surface area (Å²) < 4.78 is 7.06. The van der Waals surface area contributed by atoms with E-state index in [4.69, 9.17) is 4.42 Å². The molecule has 0 aliphatic carbocycles. The van der Waals surface area contributed by atoms with E-state index in [0.29, 0.717) is 16.9 Å². The fourth-order valence-corrected chi connectivity index (χ4v) is 2.85. The summed E-state index contributed by atoms with van der Waals surface area (Å²) in [6.45, 7) is 0. The van der Waals surface area contributed by atoms with Gasteiger partial charge in [-0.3, -0.25) is 4.79 Å². The number of Topliss-reactive ketones (excluding diaryl/α,β-unsaturated/α-hetero) is 1. The number of carbonyl (C=O) groups is 1. The van der Waals surface area contributed by atoms with Gasteiger partial charge in [0.15, 0.2) is 10.5 Å². The van der Waals surface area contributed by atoms with Gasteiger partial charge in [-0.1, -0.05) is 0 Å². The second-order valence-corrected chi connectivity index (χ2v) is 6.53. The standard InChI is InChI=1S/C10H6BrIO2S/c11-9-2-1-7(14-9)4-8(13)6-3-10(12)15-5-6/h1-3,5H,4H2. The first kappa shape index (κ1) is 11.3. The lowest BCUT2D eigenvalue weighted by atomic mass is 10.1. The van der Waals surface area contributed by atoms with Crippen LogP contribution >= 0.6 is 49.9 Å². The van der Waals surface area contributed by atoms with Crippen LogP contribution in [-0.2, 0) is 6.42 Å². The molecule has 0 radical (unpaired) electrons. The fraction of sp³-hybridized carbons (Fsp3) is 0.100. The summed E-state index contributed by atoms with van der Waals surface area (Å²) in [5, 5.41) is 1.88. The topological polar surface area (TPSA) is 30.2 Å². The SMILES string of the molecule is O=C(Cc1ccc(Br)o1)c1csc(I)c1. The second kappa shape index (κ2) is 4.80. The molecule has 2 aromatic rings. The normalized spacial score (nSPS) is 10.5. The van der Waals surface area contributed by atoms with Crippen LogP contribution in [0.2, 0.25) is 0 Å². The highest BCUT2D eigenvalue weighted by Gasteiger charge is 2.11. The summed E-state index contributed by atoms with van der Waals surface area (Å²) in [4.78, 5) is 11.8.